The molecule has 0 aromatic heterocycles. The summed E-state index contributed by atoms with van der Waals surface area (Å²) in [5.74, 6) is -0.642. The lowest BCUT2D eigenvalue weighted by molar-refractivity contribution is -0.142. The summed E-state index contributed by atoms with van der Waals surface area (Å²) < 4.78 is 4.77. The third kappa shape index (κ3) is 5.33. The van der Waals surface area contributed by atoms with E-state index < -0.39 is 18.0 Å². The molecule has 0 bridgehead atoms. The van der Waals surface area contributed by atoms with Crippen LogP contribution in [0.25, 0.3) is 0 Å². The van der Waals surface area contributed by atoms with Crippen LogP contribution in [0.15, 0.2) is 29.4 Å². The highest BCUT2D eigenvalue weighted by Crippen LogP contribution is 2.22. The monoisotopic (exact) mass is 377 g/mol. The van der Waals surface area contributed by atoms with Gasteiger partial charge < -0.3 is 31.2 Å². The zero-order valence-corrected chi connectivity index (χ0v) is 15.0. The van der Waals surface area contributed by atoms with E-state index in [1.54, 1.807) is 36.1 Å². The topological polar surface area (TPSA) is 146 Å². The molecule has 10 heteroatoms. The number of hydrogen-bond donors (Lipinski definition) is 4. The zero-order chi connectivity index (χ0) is 19.8. The number of nitrogens with one attached hydrogen (secondary N) is 2. The summed E-state index contributed by atoms with van der Waals surface area (Å²) >= 11 is 0. The first-order valence-corrected chi connectivity index (χ1v) is 8.55. The quantitative estimate of drug-likeness (QED) is 0.175. The molecule has 1 heterocycles. The van der Waals surface area contributed by atoms with Gasteiger partial charge in [-0.15, -0.1) is 0 Å². The summed E-state index contributed by atoms with van der Waals surface area (Å²) in [6.07, 6.45) is 0.532. The highest BCUT2D eigenvalue weighted by Gasteiger charge is 2.33. The molecule has 1 aromatic rings. The van der Waals surface area contributed by atoms with Crippen molar-refractivity contribution in [3.63, 3.8) is 0 Å². The van der Waals surface area contributed by atoms with Crippen molar-refractivity contribution in [2.75, 3.05) is 24.6 Å². The van der Waals surface area contributed by atoms with Gasteiger partial charge in [0, 0.05) is 24.3 Å². The summed E-state index contributed by atoms with van der Waals surface area (Å²) in [5.41, 5.74) is 6.70. The van der Waals surface area contributed by atoms with Gasteiger partial charge >= 0.3 is 12.0 Å². The van der Waals surface area contributed by atoms with Crippen LogP contribution in [0.3, 0.4) is 0 Å². The van der Waals surface area contributed by atoms with Crippen molar-refractivity contribution >= 4 is 29.4 Å². The maximum atomic E-state index is 12.5. The van der Waals surface area contributed by atoms with Gasteiger partial charge in [-0.25, -0.2) is 4.79 Å². The van der Waals surface area contributed by atoms with Crippen LogP contribution in [-0.2, 0) is 14.3 Å². The molecule has 0 spiro atoms. The average Bonchev–Trinajstić information content (AvgIpc) is 3.02. The Hall–Kier alpha value is -3.30. The smallest absolute Gasteiger partial charge is 0.315 e. The molecule has 1 saturated heterocycles. The maximum Gasteiger partial charge on any atom is 0.315 e. The van der Waals surface area contributed by atoms with E-state index in [-0.39, 0.29) is 31.3 Å². The Bertz CT molecular complexity index is 719. The van der Waals surface area contributed by atoms with Gasteiger partial charge in [0.2, 0.25) is 5.91 Å². The van der Waals surface area contributed by atoms with Crippen molar-refractivity contribution < 1.29 is 24.3 Å². The second-order valence-electron chi connectivity index (χ2n) is 5.82. The lowest BCUT2D eigenvalue weighted by Crippen LogP contribution is -2.46. The molecule has 0 saturated carbocycles. The number of amidine groups is 1. The lowest BCUT2D eigenvalue weighted by Gasteiger charge is -2.17. The third-order valence-electron chi connectivity index (χ3n) is 4.01. The highest BCUT2D eigenvalue weighted by molar-refractivity contribution is 6.02. The third-order valence-corrected chi connectivity index (χ3v) is 4.01. The Morgan fingerprint density at radius 3 is 2.70 bits per heavy atom. The second kappa shape index (κ2) is 9.41. The van der Waals surface area contributed by atoms with Crippen LogP contribution in [0.2, 0.25) is 0 Å². The molecule has 27 heavy (non-hydrogen) atoms. The standard InChI is InChI=1S/C17H23N5O5/c1-2-27-14(23)7-9-19-17(25)20-13-8-10-22(16(13)24)12-5-3-11(4-6-12)15(18)21-26/h3-6,13,26H,2,7-10H2,1H3,(H2,18,21)(H2,19,20,25). The van der Waals surface area contributed by atoms with Crippen LogP contribution in [-0.4, -0.2) is 54.7 Å². The number of carbonyl (C=O) groups excluding carboxylic acids is 3. The minimum absolute atomic E-state index is 0.0201. The molecule has 3 amide bonds. The fourth-order valence-electron chi connectivity index (χ4n) is 2.66. The predicted octanol–water partition coefficient (Wildman–Crippen LogP) is 0.139. The summed E-state index contributed by atoms with van der Waals surface area (Å²) in [6.45, 7) is 2.58. The fraction of sp³-hybridized carbons (Fsp3) is 0.412. The van der Waals surface area contributed by atoms with E-state index in [1.807, 2.05) is 0 Å². The van der Waals surface area contributed by atoms with Crippen LogP contribution in [0.4, 0.5) is 10.5 Å². The van der Waals surface area contributed by atoms with E-state index in [2.05, 4.69) is 15.8 Å². The molecule has 0 aliphatic carbocycles. The molecule has 0 radical (unpaired) electrons. The van der Waals surface area contributed by atoms with Crippen LogP contribution < -0.4 is 21.3 Å². The number of rotatable bonds is 7. The van der Waals surface area contributed by atoms with E-state index in [0.29, 0.717) is 24.2 Å². The number of carbonyl (C=O) groups is 3. The molecule has 2 rings (SSSR count). The highest BCUT2D eigenvalue weighted by atomic mass is 16.5. The SMILES string of the molecule is CCOC(=O)CCNC(=O)NC1CCN(c2ccc(C(N)=NO)cc2)C1=O. The first-order chi connectivity index (χ1) is 13.0. The van der Waals surface area contributed by atoms with Crippen molar-refractivity contribution in [2.24, 2.45) is 10.9 Å². The average molecular weight is 377 g/mol. The predicted molar refractivity (Wildman–Crippen MR) is 97.5 cm³/mol. The zero-order valence-electron chi connectivity index (χ0n) is 15.0. The summed E-state index contributed by atoms with van der Waals surface area (Å²) in [6, 6.07) is 5.50. The van der Waals surface area contributed by atoms with E-state index in [0.717, 1.165) is 0 Å². The number of urea groups is 1. The van der Waals surface area contributed by atoms with Gasteiger partial charge in [-0.1, -0.05) is 5.16 Å². The fourth-order valence-corrected chi connectivity index (χ4v) is 2.66. The molecule has 1 aromatic carbocycles. The van der Waals surface area contributed by atoms with Crippen molar-refractivity contribution in [3.8, 4) is 0 Å². The number of nitrogens with zero attached hydrogens (tertiary/aromatic N) is 2. The van der Waals surface area contributed by atoms with Crippen molar-refractivity contribution in [1.29, 1.82) is 0 Å². The van der Waals surface area contributed by atoms with Gasteiger partial charge in [0.15, 0.2) is 5.84 Å². The molecule has 1 fully saturated rings. The number of hydrogen-bond acceptors (Lipinski definition) is 6. The molecule has 10 nitrogen and oxygen atoms in total. The van der Waals surface area contributed by atoms with Gasteiger partial charge in [-0.3, -0.25) is 9.59 Å². The van der Waals surface area contributed by atoms with Crippen LogP contribution in [0, 0.1) is 0 Å². The Morgan fingerprint density at radius 1 is 1.37 bits per heavy atom. The van der Waals surface area contributed by atoms with Gasteiger partial charge in [0.25, 0.3) is 0 Å². The Labute approximate surface area is 156 Å². The normalized spacial score (nSPS) is 16.9. The molecule has 1 unspecified atom stereocenters. The molecular weight excluding hydrogens is 354 g/mol. The van der Waals surface area contributed by atoms with Crippen LogP contribution >= 0.6 is 0 Å². The molecule has 146 valence electrons. The van der Waals surface area contributed by atoms with Crippen molar-refractivity contribution in [3.05, 3.63) is 29.8 Å². The van der Waals surface area contributed by atoms with E-state index in [9.17, 15) is 14.4 Å². The number of nitrogens with two attached hydrogens (primary N) is 1. The first-order valence-electron chi connectivity index (χ1n) is 8.55. The maximum absolute atomic E-state index is 12.5. The summed E-state index contributed by atoms with van der Waals surface area (Å²) in [7, 11) is 0. The second-order valence-corrected chi connectivity index (χ2v) is 5.82. The van der Waals surface area contributed by atoms with Crippen LogP contribution in [0.5, 0.6) is 0 Å². The first kappa shape index (κ1) is 20.0. The minimum atomic E-state index is -0.642. The van der Waals surface area contributed by atoms with Crippen molar-refractivity contribution in [1.82, 2.24) is 10.6 Å². The Kier molecular flexibility index (Phi) is 6.98. The van der Waals surface area contributed by atoms with Crippen molar-refractivity contribution in [2.45, 2.75) is 25.8 Å². The molecular formula is C17H23N5O5. The van der Waals surface area contributed by atoms with Gasteiger partial charge in [-0.05, 0) is 37.6 Å². The number of ether oxygens (including phenoxy) is 1. The number of amides is 3. The van der Waals surface area contributed by atoms with E-state index in [1.165, 1.54) is 0 Å². The molecule has 5 N–H and O–H groups in total. The number of esters is 1. The van der Waals surface area contributed by atoms with Gasteiger partial charge in [0.1, 0.15) is 6.04 Å². The summed E-state index contributed by atoms with van der Waals surface area (Å²) in [5, 5.41) is 16.7. The van der Waals surface area contributed by atoms with Gasteiger partial charge in [0.05, 0.1) is 13.0 Å². The lowest BCUT2D eigenvalue weighted by atomic mass is 10.2. The Morgan fingerprint density at radius 2 is 2.07 bits per heavy atom. The molecule has 1 aliphatic heterocycles. The largest absolute Gasteiger partial charge is 0.466 e. The van der Waals surface area contributed by atoms with E-state index >= 15 is 0 Å². The summed E-state index contributed by atoms with van der Waals surface area (Å²) in [4.78, 5) is 37.2. The molecule has 1 atom stereocenters. The minimum Gasteiger partial charge on any atom is -0.466 e. The molecule has 1 aliphatic rings. The van der Waals surface area contributed by atoms with E-state index in [4.69, 9.17) is 15.7 Å². The number of anilines is 1. The van der Waals surface area contributed by atoms with Gasteiger partial charge in [-0.2, -0.15) is 0 Å². The van der Waals surface area contributed by atoms with Crippen LogP contribution in [0.1, 0.15) is 25.3 Å². The number of oxime groups is 1. The number of benzene rings is 1. The Balaban J connectivity index is 1.85.